The standard InChI is InChI=1S/C14H17NO4/c1-9-13(14(16)17)11-8-10(19-3)4-5-12(11)15(9)6-7-18-2/h4-5,8H,6-7H2,1-3H3,(H,16,17). The lowest BCUT2D eigenvalue weighted by atomic mass is 10.1. The molecule has 5 nitrogen and oxygen atoms in total. The minimum Gasteiger partial charge on any atom is -0.497 e. The Kier molecular flexibility index (Phi) is 3.76. The molecule has 0 bridgehead atoms. The molecule has 1 heterocycles. The first-order valence-electron chi connectivity index (χ1n) is 5.99. The molecule has 2 aromatic rings. The van der Waals surface area contributed by atoms with E-state index in [1.54, 1.807) is 20.3 Å². The van der Waals surface area contributed by atoms with Crippen molar-refractivity contribution in [3.05, 3.63) is 29.5 Å². The fourth-order valence-electron chi connectivity index (χ4n) is 2.33. The number of benzene rings is 1. The monoisotopic (exact) mass is 263 g/mol. The van der Waals surface area contributed by atoms with Gasteiger partial charge in [0.05, 0.1) is 19.3 Å². The van der Waals surface area contributed by atoms with Gasteiger partial charge < -0.3 is 19.1 Å². The molecule has 1 aromatic heterocycles. The lowest BCUT2D eigenvalue weighted by molar-refractivity contribution is 0.0697. The molecule has 19 heavy (non-hydrogen) atoms. The van der Waals surface area contributed by atoms with Crippen LogP contribution in [0.2, 0.25) is 0 Å². The quantitative estimate of drug-likeness (QED) is 0.899. The van der Waals surface area contributed by atoms with Gasteiger partial charge in [-0.15, -0.1) is 0 Å². The summed E-state index contributed by atoms with van der Waals surface area (Å²) >= 11 is 0. The molecule has 1 aromatic carbocycles. The van der Waals surface area contributed by atoms with Crippen LogP contribution in [0.1, 0.15) is 16.1 Å². The maximum absolute atomic E-state index is 11.4. The molecule has 0 fully saturated rings. The second-order valence-corrected chi connectivity index (χ2v) is 4.29. The van der Waals surface area contributed by atoms with Gasteiger partial charge in [-0.2, -0.15) is 0 Å². The highest BCUT2D eigenvalue weighted by molar-refractivity contribution is 6.05. The minimum atomic E-state index is -0.924. The van der Waals surface area contributed by atoms with Gasteiger partial charge in [0.15, 0.2) is 0 Å². The number of aromatic carboxylic acids is 1. The summed E-state index contributed by atoms with van der Waals surface area (Å²) in [4.78, 5) is 11.4. The highest BCUT2D eigenvalue weighted by Gasteiger charge is 2.19. The topological polar surface area (TPSA) is 60.7 Å². The first kappa shape index (κ1) is 13.4. The van der Waals surface area contributed by atoms with E-state index in [0.29, 0.717) is 29.9 Å². The average molecular weight is 263 g/mol. The molecule has 2 rings (SSSR count). The normalized spacial score (nSPS) is 10.9. The number of hydrogen-bond acceptors (Lipinski definition) is 3. The SMILES string of the molecule is COCCn1c(C)c(C(=O)O)c2cc(OC)ccc21. The molecule has 0 amide bonds. The van der Waals surface area contributed by atoms with Gasteiger partial charge in [0, 0.05) is 30.3 Å². The van der Waals surface area contributed by atoms with Crippen LogP contribution >= 0.6 is 0 Å². The first-order valence-corrected chi connectivity index (χ1v) is 5.99. The molecule has 0 saturated carbocycles. The zero-order chi connectivity index (χ0) is 14.0. The van der Waals surface area contributed by atoms with Gasteiger partial charge in [-0.3, -0.25) is 0 Å². The van der Waals surface area contributed by atoms with Crippen LogP contribution in [0.4, 0.5) is 0 Å². The van der Waals surface area contributed by atoms with Gasteiger partial charge in [0.25, 0.3) is 0 Å². The highest BCUT2D eigenvalue weighted by atomic mass is 16.5. The summed E-state index contributed by atoms with van der Waals surface area (Å²) in [7, 11) is 3.19. The molecule has 0 aliphatic rings. The van der Waals surface area contributed by atoms with Crippen LogP contribution in [-0.4, -0.2) is 36.5 Å². The van der Waals surface area contributed by atoms with E-state index < -0.39 is 5.97 Å². The van der Waals surface area contributed by atoms with Gasteiger partial charge in [-0.25, -0.2) is 4.79 Å². The molecule has 0 spiro atoms. The maximum Gasteiger partial charge on any atom is 0.338 e. The van der Waals surface area contributed by atoms with Gasteiger partial charge >= 0.3 is 5.97 Å². The van der Waals surface area contributed by atoms with Crippen LogP contribution in [0.15, 0.2) is 18.2 Å². The second kappa shape index (κ2) is 5.32. The van der Waals surface area contributed by atoms with E-state index in [1.165, 1.54) is 0 Å². The molecule has 0 unspecified atom stereocenters. The summed E-state index contributed by atoms with van der Waals surface area (Å²) in [5, 5.41) is 10.1. The second-order valence-electron chi connectivity index (χ2n) is 4.29. The smallest absolute Gasteiger partial charge is 0.338 e. The van der Waals surface area contributed by atoms with E-state index in [-0.39, 0.29) is 0 Å². The van der Waals surface area contributed by atoms with Crippen LogP contribution in [0.25, 0.3) is 10.9 Å². The summed E-state index contributed by atoms with van der Waals surface area (Å²) in [6.45, 7) is 2.97. The molecular weight excluding hydrogens is 246 g/mol. The lowest BCUT2D eigenvalue weighted by Crippen LogP contribution is -2.07. The number of ether oxygens (including phenoxy) is 2. The Morgan fingerprint density at radius 1 is 1.37 bits per heavy atom. The van der Waals surface area contributed by atoms with E-state index in [0.717, 1.165) is 11.2 Å². The van der Waals surface area contributed by atoms with Gasteiger partial charge in [0.2, 0.25) is 0 Å². The summed E-state index contributed by atoms with van der Waals surface area (Å²) in [5.41, 5.74) is 1.94. The Morgan fingerprint density at radius 2 is 2.11 bits per heavy atom. The highest BCUT2D eigenvalue weighted by Crippen LogP contribution is 2.29. The number of carbonyl (C=O) groups is 1. The molecule has 0 aliphatic carbocycles. The van der Waals surface area contributed by atoms with Crippen molar-refractivity contribution in [2.45, 2.75) is 13.5 Å². The summed E-state index contributed by atoms with van der Waals surface area (Å²) < 4.78 is 12.2. The van der Waals surface area contributed by atoms with Crippen LogP contribution in [-0.2, 0) is 11.3 Å². The first-order chi connectivity index (χ1) is 9.10. The Labute approximate surface area is 111 Å². The van der Waals surface area contributed by atoms with Crippen molar-refractivity contribution in [3.63, 3.8) is 0 Å². The number of fused-ring (bicyclic) bond motifs is 1. The average Bonchev–Trinajstić information content (AvgIpc) is 2.67. The van der Waals surface area contributed by atoms with E-state index in [2.05, 4.69) is 0 Å². The number of methoxy groups -OCH3 is 2. The number of hydrogen-bond donors (Lipinski definition) is 1. The maximum atomic E-state index is 11.4. The number of nitrogens with zero attached hydrogens (tertiary/aromatic N) is 1. The van der Waals surface area contributed by atoms with Crippen molar-refractivity contribution in [3.8, 4) is 5.75 Å². The fraction of sp³-hybridized carbons (Fsp3) is 0.357. The third-order valence-corrected chi connectivity index (χ3v) is 3.26. The molecule has 0 radical (unpaired) electrons. The van der Waals surface area contributed by atoms with Crippen molar-refractivity contribution >= 4 is 16.9 Å². The zero-order valence-corrected chi connectivity index (χ0v) is 11.3. The molecular formula is C14H17NO4. The largest absolute Gasteiger partial charge is 0.497 e. The number of carboxylic acids is 1. The number of carboxylic acid groups (broad SMARTS) is 1. The van der Waals surface area contributed by atoms with Crippen molar-refractivity contribution in [1.29, 1.82) is 0 Å². The van der Waals surface area contributed by atoms with Crippen LogP contribution in [0, 0.1) is 6.92 Å². The van der Waals surface area contributed by atoms with Crippen molar-refractivity contribution < 1.29 is 19.4 Å². The predicted molar refractivity (Wildman–Crippen MR) is 72.1 cm³/mol. The summed E-state index contributed by atoms with van der Waals surface area (Å²) in [5.74, 6) is -0.272. The van der Waals surface area contributed by atoms with Crippen molar-refractivity contribution in [1.82, 2.24) is 4.57 Å². The van der Waals surface area contributed by atoms with Crippen LogP contribution < -0.4 is 4.74 Å². The Morgan fingerprint density at radius 3 is 2.68 bits per heavy atom. The molecule has 102 valence electrons. The summed E-state index contributed by atoms with van der Waals surface area (Å²) in [6.07, 6.45) is 0. The van der Waals surface area contributed by atoms with Crippen LogP contribution in [0.5, 0.6) is 5.75 Å². The van der Waals surface area contributed by atoms with E-state index in [1.807, 2.05) is 23.6 Å². The van der Waals surface area contributed by atoms with E-state index in [9.17, 15) is 9.90 Å². The lowest BCUT2D eigenvalue weighted by Gasteiger charge is -2.07. The van der Waals surface area contributed by atoms with Crippen molar-refractivity contribution in [2.24, 2.45) is 0 Å². The van der Waals surface area contributed by atoms with Crippen LogP contribution in [0.3, 0.4) is 0 Å². The fourth-order valence-corrected chi connectivity index (χ4v) is 2.33. The van der Waals surface area contributed by atoms with Gasteiger partial charge in [-0.1, -0.05) is 0 Å². The zero-order valence-electron chi connectivity index (χ0n) is 11.3. The van der Waals surface area contributed by atoms with E-state index in [4.69, 9.17) is 9.47 Å². The number of aromatic nitrogens is 1. The van der Waals surface area contributed by atoms with Gasteiger partial charge in [-0.05, 0) is 25.1 Å². The Bertz CT molecular complexity index is 615. The molecule has 0 saturated heterocycles. The predicted octanol–water partition coefficient (Wildman–Crippen LogP) is 2.30. The van der Waals surface area contributed by atoms with E-state index >= 15 is 0 Å². The third-order valence-electron chi connectivity index (χ3n) is 3.26. The minimum absolute atomic E-state index is 0.324. The molecule has 0 aliphatic heterocycles. The van der Waals surface area contributed by atoms with Crippen molar-refractivity contribution in [2.75, 3.05) is 20.8 Å². The Balaban J connectivity index is 2.68. The third kappa shape index (κ3) is 2.29. The number of rotatable bonds is 5. The molecule has 5 heteroatoms. The molecule has 0 atom stereocenters. The van der Waals surface area contributed by atoms with Gasteiger partial charge in [0.1, 0.15) is 5.75 Å². The Hall–Kier alpha value is -2.01. The summed E-state index contributed by atoms with van der Waals surface area (Å²) in [6, 6.07) is 5.47. The molecule has 1 N–H and O–H groups in total.